The Labute approximate surface area is 113 Å². The summed E-state index contributed by atoms with van der Waals surface area (Å²) in [6.45, 7) is 9.01. The van der Waals surface area contributed by atoms with Gasteiger partial charge in [0, 0.05) is 12.6 Å². The highest BCUT2D eigenvalue weighted by molar-refractivity contribution is 4.93. The summed E-state index contributed by atoms with van der Waals surface area (Å²) in [5.74, 6) is 2.49. The Hall–Kier alpha value is -0.0800. The normalized spacial score (nSPS) is 38.8. The Morgan fingerprint density at radius 3 is 2.56 bits per heavy atom. The smallest absolute Gasteiger partial charge is 0.0757 e. The summed E-state index contributed by atoms with van der Waals surface area (Å²) < 4.78 is 6.06. The number of rotatable bonds is 5. The Bertz CT molecular complexity index is 243. The first-order chi connectivity index (χ1) is 8.77. The standard InChI is InChI=1S/C16H31NO/c1-4-13-8-6-7-9-14(13)15(17-5-2)16-12(3)10-11-18-16/h12-17H,4-11H2,1-3H3. The minimum atomic E-state index is 0.460. The highest BCUT2D eigenvalue weighted by Crippen LogP contribution is 2.38. The van der Waals surface area contributed by atoms with Crippen LogP contribution in [0.5, 0.6) is 0 Å². The molecule has 2 nitrogen and oxygen atoms in total. The Morgan fingerprint density at radius 2 is 1.94 bits per heavy atom. The molecule has 1 aliphatic carbocycles. The van der Waals surface area contributed by atoms with Gasteiger partial charge in [0.2, 0.25) is 0 Å². The van der Waals surface area contributed by atoms with E-state index >= 15 is 0 Å². The van der Waals surface area contributed by atoms with Gasteiger partial charge in [0.25, 0.3) is 0 Å². The maximum absolute atomic E-state index is 6.06. The molecule has 2 heteroatoms. The third-order valence-corrected chi connectivity index (χ3v) is 5.19. The molecule has 5 unspecified atom stereocenters. The van der Waals surface area contributed by atoms with Crippen LogP contribution >= 0.6 is 0 Å². The van der Waals surface area contributed by atoms with E-state index in [1.807, 2.05) is 0 Å². The monoisotopic (exact) mass is 253 g/mol. The van der Waals surface area contributed by atoms with Crippen molar-refractivity contribution in [3.8, 4) is 0 Å². The maximum atomic E-state index is 6.06. The molecule has 106 valence electrons. The highest BCUT2D eigenvalue weighted by atomic mass is 16.5. The lowest BCUT2D eigenvalue weighted by atomic mass is 9.71. The Balaban J connectivity index is 2.07. The van der Waals surface area contributed by atoms with E-state index in [1.165, 1.54) is 38.5 Å². The van der Waals surface area contributed by atoms with E-state index in [0.717, 1.165) is 30.9 Å². The minimum absolute atomic E-state index is 0.460. The molecular weight excluding hydrogens is 222 g/mol. The molecule has 1 aliphatic heterocycles. The van der Waals surface area contributed by atoms with Crippen LogP contribution in [0.2, 0.25) is 0 Å². The van der Waals surface area contributed by atoms with Crippen molar-refractivity contribution in [3.63, 3.8) is 0 Å². The molecular formula is C16H31NO. The van der Waals surface area contributed by atoms with E-state index in [9.17, 15) is 0 Å². The summed E-state index contributed by atoms with van der Waals surface area (Å²) in [7, 11) is 0. The van der Waals surface area contributed by atoms with Gasteiger partial charge in [-0.25, -0.2) is 0 Å². The molecule has 2 rings (SSSR count). The van der Waals surface area contributed by atoms with Gasteiger partial charge >= 0.3 is 0 Å². The van der Waals surface area contributed by atoms with Crippen LogP contribution in [0.4, 0.5) is 0 Å². The van der Waals surface area contributed by atoms with Gasteiger partial charge in [-0.15, -0.1) is 0 Å². The van der Waals surface area contributed by atoms with Crippen LogP contribution in [-0.4, -0.2) is 25.3 Å². The third kappa shape index (κ3) is 3.08. The molecule has 2 aliphatic rings. The molecule has 18 heavy (non-hydrogen) atoms. The average molecular weight is 253 g/mol. The van der Waals surface area contributed by atoms with Crippen LogP contribution in [0.1, 0.15) is 59.3 Å². The van der Waals surface area contributed by atoms with E-state index in [2.05, 4.69) is 26.1 Å². The van der Waals surface area contributed by atoms with Gasteiger partial charge in [-0.1, -0.05) is 46.5 Å². The molecule has 1 heterocycles. The first-order valence-electron chi connectivity index (χ1n) is 8.12. The Morgan fingerprint density at radius 1 is 1.17 bits per heavy atom. The number of nitrogens with one attached hydrogen (secondary N) is 1. The number of likely N-dealkylation sites (N-methyl/N-ethyl adjacent to an activating group) is 1. The second-order valence-corrected chi connectivity index (χ2v) is 6.30. The molecule has 1 saturated heterocycles. The average Bonchev–Trinajstić information content (AvgIpc) is 2.82. The zero-order valence-corrected chi connectivity index (χ0v) is 12.5. The van der Waals surface area contributed by atoms with Crippen molar-refractivity contribution in [2.45, 2.75) is 71.4 Å². The van der Waals surface area contributed by atoms with Crippen LogP contribution in [0, 0.1) is 17.8 Å². The largest absolute Gasteiger partial charge is 0.376 e. The fourth-order valence-corrected chi connectivity index (χ4v) is 4.14. The van der Waals surface area contributed by atoms with Crippen molar-refractivity contribution in [2.75, 3.05) is 13.2 Å². The molecule has 0 amide bonds. The highest BCUT2D eigenvalue weighted by Gasteiger charge is 2.39. The minimum Gasteiger partial charge on any atom is -0.376 e. The van der Waals surface area contributed by atoms with Crippen molar-refractivity contribution in [3.05, 3.63) is 0 Å². The van der Waals surface area contributed by atoms with E-state index in [4.69, 9.17) is 4.74 Å². The van der Waals surface area contributed by atoms with Crippen molar-refractivity contribution in [2.24, 2.45) is 17.8 Å². The van der Waals surface area contributed by atoms with E-state index in [1.54, 1.807) is 0 Å². The molecule has 0 spiro atoms. The van der Waals surface area contributed by atoms with E-state index in [-0.39, 0.29) is 0 Å². The lowest BCUT2D eigenvalue weighted by Crippen LogP contribution is -2.50. The van der Waals surface area contributed by atoms with Crippen LogP contribution in [-0.2, 0) is 4.74 Å². The number of hydrogen-bond acceptors (Lipinski definition) is 2. The van der Waals surface area contributed by atoms with Gasteiger partial charge < -0.3 is 10.1 Å². The summed E-state index contributed by atoms with van der Waals surface area (Å²) in [6, 6.07) is 0.595. The summed E-state index contributed by atoms with van der Waals surface area (Å²) in [5.41, 5.74) is 0. The van der Waals surface area contributed by atoms with Crippen molar-refractivity contribution < 1.29 is 4.74 Å². The number of hydrogen-bond donors (Lipinski definition) is 1. The van der Waals surface area contributed by atoms with E-state index < -0.39 is 0 Å². The van der Waals surface area contributed by atoms with Crippen LogP contribution in [0.3, 0.4) is 0 Å². The molecule has 0 aromatic heterocycles. The van der Waals surface area contributed by atoms with Gasteiger partial charge in [-0.2, -0.15) is 0 Å². The zero-order valence-electron chi connectivity index (χ0n) is 12.5. The van der Waals surface area contributed by atoms with Crippen LogP contribution < -0.4 is 5.32 Å². The predicted molar refractivity (Wildman–Crippen MR) is 76.7 cm³/mol. The lowest BCUT2D eigenvalue weighted by Gasteiger charge is -2.40. The molecule has 0 bridgehead atoms. The zero-order chi connectivity index (χ0) is 13.0. The molecule has 0 radical (unpaired) electrons. The molecule has 1 saturated carbocycles. The molecule has 0 aromatic carbocycles. The second-order valence-electron chi connectivity index (χ2n) is 6.30. The molecule has 5 atom stereocenters. The second kappa shape index (κ2) is 6.91. The van der Waals surface area contributed by atoms with Gasteiger partial charge in [0.1, 0.15) is 0 Å². The maximum Gasteiger partial charge on any atom is 0.0757 e. The van der Waals surface area contributed by atoms with Gasteiger partial charge in [-0.05, 0) is 37.1 Å². The predicted octanol–water partition coefficient (Wildman–Crippen LogP) is 3.61. The quantitative estimate of drug-likeness (QED) is 0.808. The summed E-state index contributed by atoms with van der Waals surface area (Å²) >= 11 is 0. The molecule has 0 aromatic rings. The van der Waals surface area contributed by atoms with E-state index in [0.29, 0.717) is 12.1 Å². The lowest BCUT2D eigenvalue weighted by molar-refractivity contribution is 0.0183. The fourth-order valence-electron chi connectivity index (χ4n) is 4.14. The van der Waals surface area contributed by atoms with Crippen molar-refractivity contribution >= 4 is 0 Å². The molecule has 1 N–H and O–H groups in total. The summed E-state index contributed by atoms with van der Waals surface area (Å²) in [5, 5.41) is 3.76. The summed E-state index contributed by atoms with van der Waals surface area (Å²) in [6.07, 6.45) is 8.75. The number of ether oxygens (including phenoxy) is 1. The van der Waals surface area contributed by atoms with Gasteiger partial charge in [0.05, 0.1) is 6.10 Å². The van der Waals surface area contributed by atoms with Crippen molar-refractivity contribution in [1.29, 1.82) is 0 Å². The van der Waals surface area contributed by atoms with Gasteiger partial charge in [-0.3, -0.25) is 0 Å². The topological polar surface area (TPSA) is 21.3 Å². The first-order valence-corrected chi connectivity index (χ1v) is 8.12. The fraction of sp³-hybridized carbons (Fsp3) is 1.00. The third-order valence-electron chi connectivity index (χ3n) is 5.19. The van der Waals surface area contributed by atoms with Crippen molar-refractivity contribution in [1.82, 2.24) is 5.32 Å². The first kappa shape index (κ1) is 14.3. The SMILES string of the molecule is CCNC(C1CCCCC1CC)C1OCCC1C. The van der Waals surface area contributed by atoms with Gasteiger partial charge in [0.15, 0.2) is 0 Å². The van der Waals surface area contributed by atoms with Crippen LogP contribution in [0.25, 0.3) is 0 Å². The summed E-state index contributed by atoms with van der Waals surface area (Å²) in [4.78, 5) is 0. The molecule has 2 fully saturated rings. The Kier molecular flexibility index (Phi) is 5.50. The van der Waals surface area contributed by atoms with Crippen LogP contribution in [0.15, 0.2) is 0 Å².